The highest BCUT2D eigenvalue weighted by atomic mass is 32.2. The summed E-state index contributed by atoms with van der Waals surface area (Å²) in [5.41, 5.74) is 1.30. The molecule has 1 fully saturated rings. The van der Waals surface area contributed by atoms with Crippen LogP contribution in [0.4, 0.5) is 0 Å². The van der Waals surface area contributed by atoms with Crippen LogP contribution in [0.2, 0.25) is 0 Å². The van der Waals surface area contributed by atoms with Gasteiger partial charge in [0.2, 0.25) is 5.78 Å². The number of pyridine rings is 1. The van der Waals surface area contributed by atoms with E-state index in [0.29, 0.717) is 12.2 Å². The van der Waals surface area contributed by atoms with Crippen LogP contribution >= 0.6 is 11.8 Å². The Hall–Kier alpha value is -1.89. The molecule has 2 rings (SSSR count). The van der Waals surface area contributed by atoms with Crippen LogP contribution in [-0.2, 0) is 25.5 Å². The van der Waals surface area contributed by atoms with Crippen molar-refractivity contribution in [2.45, 2.75) is 65.3 Å². The molecular weight excluding hydrogens is 376 g/mol. The fraction of sp³-hybridized carbons (Fsp3) is 0.619. The van der Waals surface area contributed by atoms with Gasteiger partial charge >= 0.3 is 5.97 Å². The first-order valence-corrected chi connectivity index (χ1v) is 10.5. The predicted octanol–water partition coefficient (Wildman–Crippen LogP) is 3.16. The number of Topliss-reactive ketones (excluding diaryl/α,β-unsaturated/α-hetero) is 1. The molecule has 0 aliphatic carbocycles. The quantitative estimate of drug-likeness (QED) is 0.410. The van der Waals surface area contributed by atoms with Crippen LogP contribution in [0, 0.1) is 12.3 Å². The van der Waals surface area contributed by atoms with Crippen LogP contribution in [0.3, 0.4) is 0 Å². The average Bonchev–Trinajstić information content (AvgIpc) is 2.93. The summed E-state index contributed by atoms with van der Waals surface area (Å²) in [5.74, 6) is -1.14. The number of hydrogen-bond donors (Lipinski definition) is 0. The van der Waals surface area contributed by atoms with E-state index in [2.05, 4.69) is 4.98 Å². The van der Waals surface area contributed by atoms with E-state index in [1.807, 2.05) is 32.9 Å². The van der Waals surface area contributed by atoms with Crippen LogP contribution in [0.25, 0.3) is 0 Å². The second-order valence-corrected chi connectivity index (χ2v) is 10.2. The Labute approximate surface area is 171 Å². The summed E-state index contributed by atoms with van der Waals surface area (Å²) >= 11 is 1.48. The van der Waals surface area contributed by atoms with Crippen molar-refractivity contribution in [3.63, 3.8) is 0 Å². The highest BCUT2D eigenvalue weighted by Gasteiger charge is 2.50. The summed E-state index contributed by atoms with van der Waals surface area (Å²) in [5, 5.41) is 0. The van der Waals surface area contributed by atoms with E-state index in [-0.39, 0.29) is 6.61 Å². The number of nitrogens with zero attached hydrogens (tertiary/aromatic N) is 2. The lowest BCUT2D eigenvalue weighted by atomic mass is 9.89. The Kier molecular flexibility index (Phi) is 6.91. The monoisotopic (exact) mass is 406 g/mol. The van der Waals surface area contributed by atoms with Crippen LogP contribution in [-0.4, -0.2) is 50.8 Å². The topological polar surface area (TPSA) is 76.6 Å². The number of aryl methyl sites for hydroxylation is 2. The second-order valence-electron chi connectivity index (χ2n) is 8.57. The first-order chi connectivity index (χ1) is 12.9. The maximum Gasteiger partial charge on any atom is 0.329 e. The van der Waals surface area contributed by atoms with Gasteiger partial charge in [-0.3, -0.25) is 14.6 Å². The van der Waals surface area contributed by atoms with Crippen LogP contribution < -0.4 is 0 Å². The lowest BCUT2D eigenvalue weighted by molar-refractivity contribution is -0.159. The van der Waals surface area contributed by atoms with Gasteiger partial charge in [-0.25, -0.2) is 4.79 Å². The standard InChI is InChI=1S/C21H30N2O4S/c1-14-9-7-11-22-15(14)10-8-12-27-19(26)16-13-28-21(5,6)23(16)18(25)17(24)20(2,3)4/h7,9,11,16H,8,10,12-13H2,1-6H3/t16-/m0/s1. The zero-order valence-electron chi connectivity index (χ0n) is 17.6. The van der Waals surface area contributed by atoms with E-state index in [4.69, 9.17) is 4.74 Å². The van der Waals surface area contributed by atoms with Crippen LogP contribution in [0.15, 0.2) is 18.3 Å². The van der Waals surface area contributed by atoms with Crippen molar-refractivity contribution >= 4 is 29.4 Å². The van der Waals surface area contributed by atoms with Crippen LogP contribution in [0.1, 0.15) is 52.3 Å². The fourth-order valence-electron chi connectivity index (χ4n) is 3.08. The molecule has 28 heavy (non-hydrogen) atoms. The number of esters is 1. The lowest BCUT2D eigenvalue weighted by Gasteiger charge is -2.34. The highest BCUT2D eigenvalue weighted by molar-refractivity contribution is 8.00. The average molecular weight is 407 g/mol. The van der Waals surface area contributed by atoms with Gasteiger partial charge in [0.15, 0.2) is 0 Å². The SMILES string of the molecule is Cc1cccnc1CCCOC(=O)[C@@H]1CSC(C)(C)N1C(=O)C(=O)C(C)(C)C. The minimum atomic E-state index is -0.796. The number of rotatable bonds is 6. The van der Waals surface area contributed by atoms with Gasteiger partial charge in [0.1, 0.15) is 6.04 Å². The molecule has 1 atom stereocenters. The molecule has 7 heteroatoms. The molecule has 1 saturated heterocycles. The highest BCUT2D eigenvalue weighted by Crippen LogP contribution is 2.40. The Morgan fingerprint density at radius 1 is 1.32 bits per heavy atom. The van der Waals surface area contributed by atoms with E-state index >= 15 is 0 Å². The number of carbonyl (C=O) groups is 3. The van der Waals surface area contributed by atoms with Gasteiger partial charge in [0, 0.05) is 23.1 Å². The van der Waals surface area contributed by atoms with Gasteiger partial charge in [-0.05, 0) is 45.2 Å². The third-order valence-corrected chi connectivity index (χ3v) is 6.16. The Bertz CT molecular complexity index is 755. The molecular formula is C21H30N2O4S. The number of thioether (sulfide) groups is 1. The van der Waals surface area contributed by atoms with E-state index < -0.39 is 34.0 Å². The Morgan fingerprint density at radius 3 is 2.61 bits per heavy atom. The van der Waals surface area contributed by atoms with Gasteiger partial charge < -0.3 is 9.64 Å². The number of ether oxygens (including phenoxy) is 1. The molecule has 0 unspecified atom stereocenters. The lowest BCUT2D eigenvalue weighted by Crippen LogP contribution is -2.54. The first kappa shape index (κ1) is 22.4. The van der Waals surface area contributed by atoms with Crippen molar-refractivity contribution in [2.75, 3.05) is 12.4 Å². The number of ketones is 1. The van der Waals surface area contributed by atoms with E-state index in [9.17, 15) is 14.4 Å². The third-order valence-electron chi connectivity index (χ3n) is 4.77. The van der Waals surface area contributed by atoms with Crippen molar-refractivity contribution in [1.29, 1.82) is 0 Å². The van der Waals surface area contributed by atoms with E-state index in [1.54, 1.807) is 27.0 Å². The largest absolute Gasteiger partial charge is 0.464 e. The van der Waals surface area contributed by atoms with Gasteiger partial charge in [0.25, 0.3) is 5.91 Å². The molecule has 0 aromatic carbocycles. The van der Waals surface area contributed by atoms with Gasteiger partial charge in [-0.1, -0.05) is 26.8 Å². The smallest absolute Gasteiger partial charge is 0.329 e. The van der Waals surface area contributed by atoms with Crippen molar-refractivity contribution in [3.8, 4) is 0 Å². The fourth-order valence-corrected chi connectivity index (χ4v) is 4.28. The maximum atomic E-state index is 12.8. The molecule has 1 aromatic rings. The predicted molar refractivity (Wildman–Crippen MR) is 110 cm³/mol. The molecule has 0 N–H and O–H groups in total. The van der Waals surface area contributed by atoms with Gasteiger partial charge in [-0.2, -0.15) is 0 Å². The molecule has 1 aromatic heterocycles. The summed E-state index contributed by atoms with van der Waals surface area (Å²) in [7, 11) is 0. The first-order valence-electron chi connectivity index (χ1n) is 9.54. The third kappa shape index (κ3) is 5.13. The summed E-state index contributed by atoms with van der Waals surface area (Å²) in [6.07, 6.45) is 3.12. The molecule has 1 amide bonds. The van der Waals surface area contributed by atoms with Crippen LogP contribution in [0.5, 0.6) is 0 Å². The van der Waals surface area contributed by atoms with E-state index in [0.717, 1.165) is 17.7 Å². The van der Waals surface area contributed by atoms with Crippen molar-refractivity contribution in [2.24, 2.45) is 5.41 Å². The number of carbonyl (C=O) groups excluding carboxylic acids is 3. The molecule has 1 aliphatic heterocycles. The summed E-state index contributed by atoms with van der Waals surface area (Å²) in [6.45, 7) is 11.1. The molecule has 1 aliphatic rings. The summed E-state index contributed by atoms with van der Waals surface area (Å²) in [4.78, 5) is 43.1. The summed E-state index contributed by atoms with van der Waals surface area (Å²) < 4.78 is 5.44. The molecule has 0 radical (unpaired) electrons. The van der Waals surface area contributed by atoms with Crippen molar-refractivity contribution in [1.82, 2.24) is 9.88 Å². The molecule has 6 nitrogen and oxygen atoms in total. The normalized spacial score (nSPS) is 18.8. The van der Waals surface area contributed by atoms with Gasteiger partial charge in [-0.15, -0.1) is 11.8 Å². The summed E-state index contributed by atoms with van der Waals surface area (Å²) in [6, 6.07) is 3.15. The maximum absolute atomic E-state index is 12.8. The molecule has 0 saturated carbocycles. The number of hydrogen-bond acceptors (Lipinski definition) is 6. The molecule has 2 heterocycles. The zero-order chi connectivity index (χ0) is 21.1. The Balaban J connectivity index is 1.98. The van der Waals surface area contributed by atoms with Crippen molar-refractivity contribution in [3.05, 3.63) is 29.6 Å². The van der Waals surface area contributed by atoms with E-state index in [1.165, 1.54) is 16.7 Å². The number of aromatic nitrogens is 1. The minimum Gasteiger partial charge on any atom is -0.464 e. The zero-order valence-corrected chi connectivity index (χ0v) is 18.4. The molecule has 0 spiro atoms. The van der Waals surface area contributed by atoms with Crippen molar-refractivity contribution < 1.29 is 19.1 Å². The molecule has 154 valence electrons. The van der Waals surface area contributed by atoms with Gasteiger partial charge in [0.05, 0.1) is 11.5 Å². The molecule has 0 bridgehead atoms. The Morgan fingerprint density at radius 2 is 2.00 bits per heavy atom. The number of amides is 1. The minimum absolute atomic E-state index is 0.256. The second kappa shape index (κ2) is 8.64.